The highest BCUT2D eigenvalue weighted by Crippen LogP contribution is 2.26. The molecule has 0 spiro atoms. The molecule has 0 aliphatic carbocycles. The quantitative estimate of drug-likeness (QED) is 0.851. The number of nitrogens with zero attached hydrogens (tertiary/aromatic N) is 1. The number of rotatable bonds is 6. The lowest BCUT2D eigenvalue weighted by Gasteiger charge is -2.18. The fraction of sp³-hybridized carbons (Fsp3) is 0.462. The molecule has 1 N–H and O–H groups in total. The van der Waals surface area contributed by atoms with Gasteiger partial charge in [-0.2, -0.15) is 0 Å². The van der Waals surface area contributed by atoms with E-state index in [0.29, 0.717) is 6.04 Å². The van der Waals surface area contributed by atoms with Crippen LogP contribution in [0.15, 0.2) is 23.7 Å². The standard InChI is InChI=1S/C13H18N2OS/c1-3-4-10(9-16-2)15-13-11-6-8-17-12(11)5-7-14-13/h5-8,10H,3-4,9H2,1-2H3,(H,14,15). The Bertz CT molecular complexity index is 463. The number of fused-ring (bicyclic) bond motifs is 1. The van der Waals surface area contributed by atoms with Crippen molar-refractivity contribution in [3.8, 4) is 0 Å². The predicted molar refractivity (Wildman–Crippen MR) is 73.8 cm³/mol. The number of hydrogen-bond acceptors (Lipinski definition) is 4. The average Bonchev–Trinajstić information content (AvgIpc) is 2.79. The number of aromatic nitrogens is 1. The Kier molecular flexibility index (Phi) is 4.34. The third kappa shape index (κ3) is 2.96. The summed E-state index contributed by atoms with van der Waals surface area (Å²) in [6.07, 6.45) is 4.09. The summed E-state index contributed by atoms with van der Waals surface area (Å²) in [7, 11) is 1.74. The summed E-state index contributed by atoms with van der Waals surface area (Å²) >= 11 is 1.74. The summed E-state index contributed by atoms with van der Waals surface area (Å²) in [5.41, 5.74) is 0. The lowest BCUT2D eigenvalue weighted by molar-refractivity contribution is 0.182. The maximum Gasteiger partial charge on any atom is 0.134 e. The normalized spacial score (nSPS) is 12.8. The maximum atomic E-state index is 5.23. The second-order valence-electron chi connectivity index (χ2n) is 4.08. The SMILES string of the molecule is CCCC(COC)Nc1nccc2sccc12. The van der Waals surface area contributed by atoms with Gasteiger partial charge in [-0.15, -0.1) is 11.3 Å². The van der Waals surface area contributed by atoms with Crippen LogP contribution in [0.1, 0.15) is 19.8 Å². The zero-order chi connectivity index (χ0) is 12.1. The molecule has 2 heterocycles. The van der Waals surface area contributed by atoms with Gasteiger partial charge in [-0.3, -0.25) is 0 Å². The average molecular weight is 250 g/mol. The van der Waals surface area contributed by atoms with Gasteiger partial charge in [0.2, 0.25) is 0 Å². The molecule has 1 unspecified atom stereocenters. The zero-order valence-corrected chi connectivity index (χ0v) is 11.1. The third-order valence-electron chi connectivity index (χ3n) is 2.73. The lowest BCUT2D eigenvalue weighted by atomic mass is 10.1. The van der Waals surface area contributed by atoms with Crippen molar-refractivity contribution in [1.82, 2.24) is 4.98 Å². The Hall–Kier alpha value is -1.13. The van der Waals surface area contributed by atoms with Crippen LogP contribution < -0.4 is 5.32 Å². The number of hydrogen-bond donors (Lipinski definition) is 1. The van der Waals surface area contributed by atoms with Gasteiger partial charge in [0.1, 0.15) is 5.82 Å². The second kappa shape index (κ2) is 5.98. The number of ether oxygens (including phenoxy) is 1. The summed E-state index contributed by atoms with van der Waals surface area (Å²) in [5, 5.41) is 6.78. The molecule has 0 saturated carbocycles. The largest absolute Gasteiger partial charge is 0.383 e. The first-order valence-electron chi connectivity index (χ1n) is 5.92. The van der Waals surface area contributed by atoms with Gasteiger partial charge in [0.15, 0.2) is 0 Å². The lowest BCUT2D eigenvalue weighted by Crippen LogP contribution is -2.25. The van der Waals surface area contributed by atoms with Crippen molar-refractivity contribution in [2.75, 3.05) is 19.0 Å². The molecule has 0 fully saturated rings. The Labute approximate surface area is 106 Å². The van der Waals surface area contributed by atoms with Crippen molar-refractivity contribution >= 4 is 27.2 Å². The molecule has 2 aromatic heterocycles. The van der Waals surface area contributed by atoms with E-state index in [4.69, 9.17) is 4.74 Å². The molecule has 0 bridgehead atoms. The van der Waals surface area contributed by atoms with Crippen LogP contribution in [0.5, 0.6) is 0 Å². The van der Waals surface area contributed by atoms with E-state index in [1.54, 1.807) is 18.4 Å². The number of methoxy groups -OCH3 is 1. The first-order valence-corrected chi connectivity index (χ1v) is 6.80. The molecule has 0 amide bonds. The first-order chi connectivity index (χ1) is 8.35. The van der Waals surface area contributed by atoms with E-state index in [-0.39, 0.29) is 0 Å². The van der Waals surface area contributed by atoms with E-state index in [9.17, 15) is 0 Å². The molecule has 0 radical (unpaired) electrons. The fourth-order valence-corrected chi connectivity index (χ4v) is 2.73. The van der Waals surface area contributed by atoms with Crippen molar-refractivity contribution in [3.05, 3.63) is 23.7 Å². The van der Waals surface area contributed by atoms with Crippen molar-refractivity contribution in [2.24, 2.45) is 0 Å². The van der Waals surface area contributed by atoms with Gasteiger partial charge in [-0.25, -0.2) is 4.98 Å². The zero-order valence-electron chi connectivity index (χ0n) is 10.3. The van der Waals surface area contributed by atoms with Crippen molar-refractivity contribution in [2.45, 2.75) is 25.8 Å². The molecule has 0 aliphatic heterocycles. The molecule has 17 heavy (non-hydrogen) atoms. The minimum absolute atomic E-state index is 0.336. The molecule has 0 aromatic carbocycles. The fourth-order valence-electron chi connectivity index (χ4n) is 1.95. The van der Waals surface area contributed by atoms with Crippen LogP contribution in [-0.4, -0.2) is 24.7 Å². The highest BCUT2D eigenvalue weighted by atomic mass is 32.1. The summed E-state index contributed by atoms with van der Waals surface area (Å²) in [4.78, 5) is 4.42. The van der Waals surface area contributed by atoms with Crippen molar-refractivity contribution in [3.63, 3.8) is 0 Å². The molecular formula is C13H18N2OS. The van der Waals surface area contributed by atoms with Crippen LogP contribution in [0, 0.1) is 0 Å². The molecule has 2 rings (SSSR count). The maximum absolute atomic E-state index is 5.23. The Morgan fingerprint density at radius 3 is 3.12 bits per heavy atom. The predicted octanol–water partition coefficient (Wildman–Crippen LogP) is 3.52. The third-order valence-corrected chi connectivity index (χ3v) is 3.61. The highest BCUT2D eigenvalue weighted by Gasteiger charge is 2.10. The van der Waals surface area contributed by atoms with Crippen LogP contribution in [-0.2, 0) is 4.74 Å². The molecule has 3 nitrogen and oxygen atoms in total. The Morgan fingerprint density at radius 1 is 1.47 bits per heavy atom. The smallest absolute Gasteiger partial charge is 0.134 e. The van der Waals surface area contributed by atoms with E-state index in [1.165, 1.54) is 10.1 Å². The summed E-state index contributed by atoms with van der Waals surface area (Å²) in [6.45, 7) is 2.90. The van der Waals surface area contributed by atoms with Crippen LogP contribution in [0.3, 0.4) is 0 Å². The van der Waals surface area contributed by atoms with Crippen LogP contribution in [0.2, 0.25) is 0 Å². The Morgan fingerprint density at radius 2 is 2.35 bits per heavy atom. The Balaban J connectivity index is 2.18. The van der Waals surface area contributed by atoms with Crippen molar-refractivity contribution < 1.29 is 4.74 Å². The van der Waals surface area contributed by atoms with Gasteiger partial charge >= 0.3 is 0 Å². The van der Waals surface area contributed by atoms with E-state index < -0.39 is 0 Å². The molecule has 92 valence electrons. The summed E-state index contributed by atoms with van der Waals surface area (Å²) in [5.74, 6) is 0.972. The van der Waals surface area contributed by atoms with Gasteiger partial charge in [-0.1, -0.05) is 13.3 Å². The minimum atomic E-state index is 0.336. The van der Waals surface area contributed by atoms with E-state index >= 15 is 0 Å². The number of nitrogens with one attached hydrogen (secondary N) is 1. The second-order valence-corrected chi connectivity index (χ2v) is 5.02. The molecule has 4 heteroatoms. The van der Waals surface area contributed by atoms with Gasteiger partial charge in [0.05, 0.1) is 12.6 Å². The van der Waals surface area contributed by atoms with Gasteiger partial charge < -0.3 is 10.1 Å². The van der Waals surface area contributed by atoms with Crippen LogP contribution in [0.4, 0.5) is 5.82 Å². The summed E-state index contributed by atoms with van der Waals surface area (Å²) < 4.78 is 6.51. The van der Waals surface area contributed by atoms with E-state index in [1.807, 2.05) is 6.20 Å². The number of pyridine rings is 1. The molecule has 0 aliphatic rings. The number of thiophene rings is 1. The van der Waals surface area contributed by atoms with Gasteiger partial charge in [-0.05, 0) is 23.9 Å². The van der Waals surface area contributed by atoms with E-state index in [2.05, 4.69) is 34.7 Å². The topological polar surface area (TPSA) is 34.1 Å². The van der Waals surface area contributed by atoms with Gasteiger partial charge in [0.25, 0.3) is 0 Å². The molecule has 1 atom stereocenters. The molecule has 0 saturated heterocycles. The summed E-state index contributed by atoms with van der Waals surface area (Å²) in [6, 6.07) is 4.50. The number of anilines is 1. The minimum Gasteiger partial charge on any atom is -0.383 e. The molecule has 2 aromatic rings. The van der Waals surface area contributed by atoms with Crippen LogP contribution in [0.25, 0.3) is 10.1 Å². The van der Waals surface area contributed by atoms with Crippen molar-refractivity contribution in [1.29, 1.82) is 0 Å². The first kappa shape index (κ1) is 12.3. The molecular weight excluding hydrogens is 232 g/mol. The van der Waals surface area contributed by atoms with Gasteiger partial charge in [0, 0.05) is 23.4 Å². The monoisotopic (exact) mass is 250 g/mol. The van der Waals surface area contributed by atoms with E-state index in [0.717, 1.165) is 25.3 Å². The van der Waals surface area contributed by atoms with Crippen LogP contribution >= 0.6 is 11.3 Å². The highest BCUT2D eigenvalue weighted by molar-refractivity contribution is 7.17.